The van der Waals surface area contributed by atoms with Gasteiger partial charge in [0.2, 0.25) is 0 Å². The van der Waals surface area contributed by atoms with Crippen LogP contribution in [-0.4, -0.2) is 22.7 Å². The third-order valence-electron chi connectivity index (χ3n) is 3.70. The van der Waals surface area contributed by atoms with Crippen LogP contribution in [0.3, 0.4) is 0 Å². The summed E-state index contributed by atoms with van der Waals surface area (Å²) in [6, 6.07) is 11.4. The summed E-state index contributed by atoms with van der Waals surface area (Å²) < 4.78 is 38.3. The Morgan fingerprint density at radius 3 is 2.56 bits per heavy atom. The highest BCUT2D eigenvalue weighted by atomic mass is 35.5. The van der Waals surface area contributed by atoms with E-state index in [9.17, 15) is 22.8 Å². The standard InChI is InChI=1S/C18H12ClF3N2O2S/c19-14-7-2-1-4-11(14)8-15-16(25)24(17(26)27-15)10-23-13-6-3-5-12(9-13)18(20,21)22/h1-9,23H,10H2. The molecule has 2 amide bonds. The summed E-state index contributed by atoms with van der Waals surface area (Å²) in [5.41, 5.74) is -0.0743. The molecule has 2 aromatic rings. The maximum atomic E-state index is 12.8. The first-order valence-electron chi connectivity index (χ1n) is 7.67. The van der Waals surface area contributed by atoms with E-state index >= 15 is 0 Å². The minimum atomic E-state index is -4.47. The number of carbonyl (C=O) groups excluding carboxylic acids is 2. The van der Waals surface area contributed by atoms with Gasteiger partial charge in [0.25, 0.3) is 11.1 Å². The number of anilines is 1. The lowest BCUT2D eigenvalue weighted by atomic mass is 10.2. The predicted molar refractivity (Wildman–Crippen MR) is 99.2 cm³/mol. The Morgan fingerprint density at radius 1 is 1.11 bits per heavy atom. The lowest BCUT2D eigenvalue weighted by Crippen LogP contribution is -2.33. The summed E-state index contributed by atoms with van der Waals surface area (Å²) in [5.74, 6) is -0.538. The topological polar surface area (TPSA) is 49.4 Å². The first-order chi connectivity index (χ1) is 12.8. The molecule has 1 aliphatic heterocycles. The Kier molecular flexibility index (Phi) is 5.48. The van der Waals surface area contributed by atoms with Crippen LogP contribution in [0.5, 0.6) is 0 Å². The van der Waals surface area contributed by atoms with Gasteiger partial charge in [0.15, 0.2) is 0 Å². The van der Waals surface area contributed by atoms with E-state index in [-0.39, 0.29) is 17.3 Å². The molecule has 0 spiro atoms. The molecule has 1 N–H and O–H groups in total. The second-order valence-electron chi connectivity index (χ2n) is 5.54. The minimum absolute atomic E-state index is 0.152. The Bertz CT molecular complexity index is 931. The van der Waals surface area contributed by atoms with Crippen molar-refractivity contribution in [2.75, 3.05) is 12.0 Å². The number of carbonyl (C=O) groups is 2. The van der Waals surface area contributed by atoms with Crippen molar-refractivity contribution in [1.82, 2.24) is 4.90 Å². The minimum Gasteiger partial charge on any atom is -0.367 e. The van der Waals surface area contributed by atoms with Crippen LogP contribution in [0.15, 0.2) is 53.4 Å². The van der Waals surface area contributed by atoms with E-state index in [1.165, 1.54) is 18.2 Å². The summed E-state index contributed by atoms with van der Waals surface area (Å²) >= 11 is 6.80. The van der Waals surface area contributed by atoms with E-state index in [2.05, 4.69) is 5.32 Å². The maximum Gasteiger partial charge on any atom is 0.416 e. The van der Waals surface area contributed by atoms with Gasteiger partial charge < -0.3 is 5.32 Å². The normalized spacial score (nSPS) is 16.3. The first kappa shape index (κ1) is 19.3. The van der Waals surface area contributed by atoms with E-state index in [4.69, 9.17) is 11.6 Å². The van der Waals surface area contributed by atoms with Crippen LogP contribution < -0.4 is 5.32 Å². The number of halogens is 4. The van der Waals surface area contributed by atoms with Crippen LogP contribution in [-0.2, 0) is 11.0 Å². The van der Waals surface area contributed by atoms with Gasteiger partial charge in [-0.05, 0) is 47.7 Å². The van der Waals surface area contributed by atoms with Crippen molar-refractivity contribution in [2.24, 2.45) is 0 Å². The lowest BCUT2D eigenvalue weighted by molar-refractivity contribution is -0.137. The molecule has 0 unspecified atom stereocenters. The number of thioether (sulfide) groups is 1. The number of hydrogen-bond acceptors (Lipinski definition) is 4. The fraction of sp³-hybridized carbons (Fsp3) is 0.111. The number of nitrogens with one attached hydrogen (secondary N) is 1. The van der Waals surface area contributed by atoms with E-state index in [0.29, 0.717) is 10.6 Å². The monoisotopic (exact) mass is 412 g/mol. The summed E-state index contributed by atoms with van der Waals surface area (Å²) in [6.45, 7) is -0.244. The van der Waals surface area contributed by atoms with Crippen LogP contribution in [0.2, 0.25) is 5.02 Å². The molecular weight excluding hydrogens is 401 g/mol. The number of rotatable bonds is 4. The second-order valence-corrected chi connectivity index (χ2v) is 6.95. The second kappa shape index (κ2) is 7.66. The summed E-state index contributed by atoms with van der Waals surface area (Å²) in [6.07, 6.45) is -2.96. The van der Waals surface area contributed by atoms with Gasteiger partial charge in [-0.3, -0.25) is 14.5 Å². The highest BCUT2D eigenvalue weighted by molar-refractivity contribution is 8.18. The zero-order valence-corrected chi connectivity index (χ0v) is 15.2. The van der Waals surface area contributed by atoms with Gasteiger partial charge in [-0.2, -0.15) is 13.2 Å². The van der Waals surface area contributed by atoms with E-state index in [1.54, 1.807) is 24.3 Å². The highest BCUT2D eigenvalue weighted by Gasteiger charge is 2.35. The number of imide groups is 1. The van der Waals surface area contributed by atoms with E-state index in [0.717, 1.165) is 28.8 Å². The smallest absolute Gasteiger partial charge is 0.367 e. The van der Waals surface area contributed by atoms with Crippen molar-refractivity contribution in [3.63, 3.8) is 0 Å². The molecule has 27 heavy (non-hydrogen) atoms. The summed E-state index contributed by atoms with van der Waals surface area (Å²) in [4.78, 5) is 25.6. The van der Waals surface area contributed by atoms with Crippen molar-refractivity contribution in [1.29, 1.82) is 0 Å². The molecule has 0 atom stereocenters. The van der Waals surface area contributed by atoms with E-state index in [1.807, 2.05) is 0 Å². The molecule has 1 aliphatic rings. The maximum absolute atomic E-state index is 12.8. The molecule has 2 aromatic carbocycles. The van der Waals surface area contributed by atoms with Gasteiger partial charge in [-0.1, -0.05) is 35.9 Å². The van der Waals surface area contributed by atoms with Crippen molar-refractivity contribution < 1.29 is 22.8 Å². The van der Waals surface area contributed by atoms with Gasteiger partial charge in [0.1, 0.15) is 0 Å². The third-order valence-corrected chi connectivity index (χ3v) is 4.95. The fourth-order valence-corrected chi connectivity index (χ4v) is 3.36. The molecule has 9 heteroatoms. The van der Waals surface area contributed by atoms with Crippen LogP contribution in [0.1, 0.15) is 11.1 Å². The number of alkyl halides is 3. The van der Waals surface area contributed by atoms with Gasteiger partial charge in [0.05, 0.1) is 17.1 Å². The fourth-order valence-electron chi connectivity index (χ4n) is 2.35. The van der Waals surface area contributed by atoms with Crippen molar-refractivity contribution in [3.05, 3.63) is 69.6 Å². The number of benzene rings is 2. The van der Waals surface area contributed by atoms with Crippen molar-refractivity contribution in [3.8, 4) is 0 Å². The van der Waals surface area contributed by atoms with Gasteiger partial charge in [-0.25, -0.2) is 0 Å². The lowest BCUT2D eigenvalue weighted by Gasteiger charge is -2.15. The Hall–Kier alpha value is -2.45. The number of amides is 2. The number of hydrogen-bond donors (Lipinski definition) is 1. The molecule has 1 heterocycles. The Labute approximate surface area is 162 Å². The predicted octanol–water partition coefficient (Wildman–Crippen LogP) is 5.46. The van der Waals surface area contributed by atoms with Crippen LogP contribution >= 0.6 is 23.4 Å². The van der Waals surface area contributed by atoms with Gasteiger partial charge in [0, 0.05) is 10.7 Å². The number of nitrogens with zero attached hydrogens (tertiary/aromatic N) is 1. The largest absolute Gasteiger partial charge is 0.416 e. The van der Waals surface area contributed by atoms with Gasteiger partial charge >= 0.3 is 6.18 Å². The Morgan fingerprint density at radius 2 is 1.85 bits per heavy atom. The summed E-state index contributed by atoms with van der Waals surface area (Å²) in [7, 11) is 0. The van der Waals surface area contributed by atoms with Gasteiger partial charge in [-0.15, -0.1) is 0 Å². The molecule has 1 fully saturated rings. The molecule has 0 aromatic heterocycles. The average molecular weight is 413 g/mol. The first-order valence-corrected chi connectivity index (χ1v) is 8.86. The summed E-state index contributed by atoms with van der Waals surface area (Å²) in [5, 5.41) is 2.59. The quantitative estimate of drug-likeness (QED) is 0.677. The highest BCUT2D eigenvalue weighted by Crippen LogP contribution is 2.34. The molecule has 0 bridgehead atoms. The third kappa shape index (κ3) is 4.45. The van der Waals surface area contributed by atoms with Crippen LogP contribution in [0, 0.1) is 0 Å². The molecule has 1 saturated heterocycles. The van der Waals surface area contributed by atoms with Crippen molar-refractivity contribution in [2.45, 2.75) is 6.18 Å². The molecule has 0 radical (unpaired) electrons. The molecule has 0 saturated carbocycles. The Balaban J connectivity index is 1.73. The van der Waals surface area contributed by atoms with E-state index < -0.39 is 22.9 Å². The van der Waals surface area contributed by atoms with Crippen LogP contribution in [0.4, 0.5) is 23.7 Å². The molecular formula is C18H12ClF3N2O2S. The average Bonchev–Trinajstić information content (AvgIpc) is 2.88. The zero-order valence-electron chi connectivity index (χ0n) is 13.6. The SMILES string of the molecule is O=C1SC(=Cc2ccccc2Cl)C(=O)N1CNc1cccc(C(F)(F)F)c1. The molecule has 140 valence electrons. The molecule has 0 aliphatic carbocycles. The zero-order chi connectivity index (χ0) is 19.6. The van der Waals surface area contributed by atoms with Crippen LogP contribution in [0.25, 0.3) is 6.08 Å². The molecule has 4 nitrogen and oxygen atoms in total. The van der Waals surface area contributed by atoms with Crippen molar-refractivity contribution >= 4 is 46.3 Å². The molecule has 3 rings (SSSR count).